The lowest BCUT2D eigenvalue weighted by atomic mass is 9.92. The number of nitrogens with zero attached hydrogens (tertiary/aromatic N) is 1. The SMILES string of the molecule is NC(N)=NCCCC1NC(=O)C(Cc2ccccc2)NC(=O)C(Cc2ccc(O)cc2)CCCCOCCC(C(=O)Nc2cccc3ccccc23)NC1=O. The van der Waals surface area contributed by atoms with Crippen LogP contribution in [0.4, 0.5) is 5.69 Å². The van der Waals surface area contributed by atoms with Crippen LogP contribution in [0.1, 0.15) is 49.7 Å². The Labute approximate surface area is 321 Å². The van der Waals surface area contributed by atoms with E-state index in [4.69, 9.17) is 16.2 Å². The van der Waals surface area contributed by atoms with E-state index in [1.165, 1.54) is 0 Å². The summed E-state index contributed by atoms with van der Waals surface area (Å²) in [5.41, 5.74) is 13.4. The van der Waals surface area contributed by atoms with Gasteiger partial charge in [0, 0.05) is 43.2 Å². The van der Waals surface area contributed by atoms with E-state index >= 15 is 0 Å². The molecule has 290 valence electrons. The predicted octanol–water partition coefficient (Wildman–Crippen LogP) is 3.68. The maximum atomic E-state index is 14.2. The molecule has 0 bridgehead atoms. The van der Waals surface area contributed by atoms with Gasteiger partial charge in [0.2, 0.25) is 23.6 Å². The van der Waals surface area contributed by atoms with E-state index in [0.29, 0.717) is 44.4 Å². The van der Waals surface area contributed by atoms with Crippen LogP contribution in [0, 0.1) is 5.92 Å². The second-order valence-corrected chi connectivity index (χ2v) is 13.8. The third kappa shape index (κ3) is 12.6. The molecular formula is C42H51N7O6. The number of anilines is 1. The fraction of sp³-hybridized carbons (Fsp3) is 0.357. The number of benzene rings is 4. The second-order valence-electron chi connectivity index (χ2n) is 13.8. The first-order valence-electron chi connectivity index (χ1n) is 18.8. The summed E-state index contributed by atoms with van der Waals surface area (Å²) >= 11 is 0. The molecule has 4 unspecified atom stereocenters. The number of rotatable bonds is 10. The Balaban J connectivity index is 1.42. The van der Waals surface area contributed by atoms with Crippen LogP contribution in [0.25, 0.3) is 10.8 Å². The number of aromatic hydroxyl groups is 1. The number of hydrogen-bond acceptors (Lipinski definition) is 7. The number of phenolic OH excluding ortho intramolecular Hbond substituents is 1. The van der Waals surface area contributed by atoms with Crippen molar-refractivity contribution < 1.29 is 29.0 Å². The third-order valence-electron chi connectivity index (χ3n) is 9.61. The average Bonchev–Trinajstić information content (AvgIpc) is 3.18. The van der Waals surface area contributed by atoms with Crippen molar-refractivity contribution in [2.24, 2.45) is 22.4 Å². The molecule has 4 amide bonds. The van der Waals surface area contributed by atoms with E-state index < -0.39 is 41.8 Å². The van der Waals surface area contributed by atoms with Gasteiger partial charge in [0.25, 0.3) is 0 Å². The van der Waals surface area contributed by atoms with Crippen molar-refractivity contribution in [3.63, 3.8) is 0 Å². The van der Waals surface area contributed by atoms with Gasteiger partial charge in [-0.15, -0.1) is 0 Å². The minimum atomic E-state index is -1.09. The average molecular weight is 750 g/mol. The van der Waals surface area contributed by atoms with Gasteiger partial charge in [0.05, 0.1) is 0 Å². The molecule has 1 heterocycles. The molecule has 55 heavy (non-hydrogen) atoms. The normalized spacial score (nSPS) is 20.3. The number of carbonyl (C=O) groups is 4. The first kappa shape index (κ1) is 40.2. The number of phenols is 1. The molecular weight excluding hydrogens is 699 g/mol. The van der Waals surface area contributed by atoms with Crippen LogP contribution in [-0.4, -0.2) is 72.6 Å². The lowest BCUT2D eigenvalue weighted by molar-refractivity contribution is -0.134. The molecule has 0 saturated carbocycles. The molecule has 0 radical (unpaired) electrons. The molecule has 0 aliphatic carbocycles. The summed E-state index contributed by atoms with van der Waals surface area (Å²) in [6.45, 7) is 0.791. The number of carbonyl (C=O) groups excluding carboxylic acids is 4. The number of aliphatic imine (C=N–C) groups is 1. The van der Waals surface area contributed by atoms with Crippen molar-refractivity contribution in [1.82, 2.24) is 16.0 Å². The Hall–Kier alpha value is -5.95. The number of nitrogens with one attached hydrogen (secondary N) is 4. The molecule has 4 aromatic carbocycles. The first-order valence-corrected chi connectivity index (χ1v) is 18.8. The van der Waals surface area contributed by atoms with Crippen LogP contribution in [0.2, 0.25) is 0 Å². The van der Waals surface area contributed by atoms with Crippen LogP contribution in [0.3, 0.4) is 0 Å². The van der Waals surface area contributed by atoms with Crippen LogP contribution < -0.4 is 32.7 Å². The molecule has 4 atom stereocenters. The summed E-state index contributed by atoms with van der Waals surface area (Å²) in [5.74, 6) is -2.30. The fourth-order valence-corrected chi connectivity index (χ4v) is 6.63. The van der Waals surface area contributed by atoms with E-state index in [0.717, 1.165) is 21.9 Å². The van der Waals surface area contributed by atoms with Gasteiger partial charge < -0.3 is 42.6 Å². The van der Waals surface area contributed by atoms with Crippen molar-refractivity contribution in [2.45, 2.75) is 69.5 Å². The molecule has 1 aliphatic rings. The molecule has 1 aliphatic heterocycles. The van der Waals surface area contributed by atoms with E-state index in [1.807, 2.05) is 66.7 Å². The minimum absolute atomic E-state index is 0.0972. The largest absolute Gasteiger partial charge is 0.508 e. The quantitative estimate of drug-likeness (QED) is 0.0721. The number of ether oxygens (including phenoxy) is 1. The summed E-state index contributed by atoms with van der Waals surface area (Å²) in [4.78, 5) is 60.2. The van der Waals surface area contributed by atoms with Crippen molar-refractivity contribution in [3.05, 3.63) is 108 Å². The van der Waals surface area contributed by atoms with Gasteiger partial charge in [0.15, 0.2) is 5.96 Å². The molecule has 0 spiro atoms. The smallest absolute Gasteiger partial charge is 0.247 e. The maximum absolute atomic E-state index is 14.2. The molecule has 5 rings (SSSR count). The topological polar surface area (TPSA) is 210 Å². The molecule has 9 N–H and O–H groups in total. The Bertz CT molecular complexity index is 1910. The van der Waals surface area contributed by atoms with Crippen molar-refractivity contribution >= 4 is 46.0 Å². The van der Waals surface area contributed by atoms with Gasteiger partial charge in [0.1, 0.15) is 23.9 Å². The molecule has 0 aromatic heterocycles. The lowest BCUT2D eigenvalue weighted by Crippen LogP contribution is -2.57. The first-order chi connectivity index (χ1) is 26.7. The maximum Gasteiger partial charge on any atom is 0.247 e. The summed E-state index contributed by atoms with van der Waals surface area (Å²) in [5, 5.41) is 23.4. The summed E-state index contributed by atoms with van der Waals surface area (Å²) in [6, 6.07) is 26.2. The van der Waals surface area contributed by atoms with Crippen molar-refractivity contribution in [1.29, 1.82) is 0 Å². The molecule has 13 nitrogen and oxygen atoms in total. The number of guanidine groups is 1. The van der Waals surface area contributed by atoms with Crippen molar-refractivity contribution in [3.8, 4) is 5.75 Å². The Morgan fingerprint density at radius 1 is 0.745 bits per heavy atom. The predicted molar refractivity (Wildman–Crippen MR) is 213 cm³/mol. The zero-order chi connectivity index (χ0) is 39.0. The Kier molecular flexibility index (Phi) is 15.0. The van der Waals surface area contributed by atoms with Gasteiger partial charge in [-0.25, -0.2) is 0 Å². The van der Waals surface area contributed by atoms with Gasteiger partial charge in [-0.1, -0.05) is 85.3 Å². The molecule has 13 heteroatoms. The second kappa shape index (κ2) is 20.5. The summed E-state index contributed by atoms with van der Waals surface area (Å²) < 4.78 is 5.95. The summed E-state index contributed by atoms with van der Waals surface area (Å²) in [6.07, 6.45) is 3.10. The van der Waals surface area contributed by atoms with Gasteiger partial charge in [-0.2, -0.15) is 0 Å². The highest BCUT2D eigenvalue weighted by Crippen LogP contribution is 2.24. The summed E-state index contributed by atoms with van der Waals surface area (Å²) in [7, 11) is 0. The standard InChI is InChI=1S/C42H51N7O6/c43-42(44)45-23-9-17-35-39(52)48-36(40(53)46-34-16-8-14-30-12-4-5-15-33(30)34)22-25-55-24-7-6-13-31(26-29-18-20-32(50)21-19-29)38(51)49-37(41(54)47-35)27-28-10-2-1-3-11-28/h1-5,8,10-12,14-16,18-21,31,35-37,50H,6-7,9,13,17,22-27H2,(H,46,53)(H,47,54)(H,48,52)(H,49,51)(H4,43,44,45). The molecule has 4 aromatic rings. The van der Waals surface area contributed by atoms with Gasteiger partial charge >= 0.3 is 0 Å². The van der Waals surface area contributed by atoms with Crippen LogP contribution in [0.15, 0.2) is 102 Å². The highest BCUT2D eigenvalue weighted by atomic mass is 16.5. The van der Waals surface area contributed by atoms with E-state index in [-0.39, 0.29) is 50.0 Å². The zero-order valence-corrected chi connectivity index (χ0v) is 30.9. The lowest BCUT2D eigenvalue weighted by Gasteiger charge is -2.26. The fourth-order valence-electron chi connectivity index (χ4n) is 6.63. The monoisotopic (exact) mass is 749 g/mol. The van der Waals surface area contributed by atoms with Crippen LogP contribution >= 0.6 is 0 Å². The Morgan fingerprint density at radius 3 is 2.22 bits per heavy atom. The third-order valence-corrected chi connectivity index (χ3v) is 9.61. The van der Waals surface area contributed by atoms with Crippen LogP contribution in [0.5, 0.6) is 5.75 Å². The number of amides is 4. The molecule has 1 saturated heterocycles. The number of fused-ring (bicyclic) bond motifs is 1. The minimum Gasteiger partial charge on any atom is -0.508 e. The van der Waals surface area contributed by atoms with E-state index in [1.54, 1.807) is 30.3 Å². The van der Waals surface area contributed by atoms with Crippen molar-refractivity contribution in [2.75, 3.05) is 25.1 Å². The van der Waals surface area contributed by atoms with Crippen LogP contribution in [-0.2, 0) is 36.8 Å². The highest BCUT2D eigenvalue weighted by Gasteiger charge is 2.31. The number of hydrogen-bond donors (Lipinski definition) is 7. The molecule has 1 fully saturated rings. The Morgan fingerprint density at radius 2 is 1.44 bits per heavy atom. The number of nitrogens with two attached hydrogens (primary N) is 2. The van der Waals surface area contributed by atoms with Gasteiger partial charge in [-0.3, -0.25) is 24.2 Å². The van der Waals surface area contributed by atoms with E-state index in [2.05, 4.69) is 26.3 Å². The highest BCUT2D eigenvalue weighted by molar-refractivity contribution is 6.05. The zero-order valence-electron chi connectivity index (χ0n) is 30.9. The van der Waals surface area contributed by atoms with Gasteiger partial charge in [-0.05, 0) is 73.2 Å². The van der Waals surface area contributed by atoms with E-state index in [9.17, 15) is 24.3 Å².